The van der Waals surface area contributed by atoms with Crippen molar-refractivity contribution >= 4 is 11.7 Å². The fraction of sp³-hybridized carbons (Fsp3) is 0.500. The highest BCUT2D eigenvalue weighted by molar-refractivity contribution is 5.75. The van der Waals surface area contributed by atoms with Gasteiger partial charge in [0.1, 0.15) is 17.5 Å². The Labute approximate surface area is 147 Å². The molecule has 0 N–H and O–H groups in total. The van der Waals surface area contributed by atoms with E-state index >= 15 is 0 Å². The van der Waals surface area contributed by atoms with Gasteiger partial charge in [-0.05, 0) is 58.1 Å². The molecule has 1 aromatic rings. The van der Waals surface area contributed by atoms with Gasteiger partial charge in [-0.15, -0.1) is 0 Å². The highest BCUT2D eigenvalue weighted by Crippen LogP contribution is 2.38. The van der Waals surface area contributed by atoms with Gasteiger partial charge in [0.15, 0.2) is 0 Å². The van der Waals surface area contributed by atoms with Crippen molar-refractivity contribution in [2.75, 3.05) is 0 Å². The summed E-state index contributed by atoms with van der Waals surface area (Å²) in [7, 11) is 0. The summed E-state index contributed by atoms with van der Waals surface area (Å²) in [6.45, 7) is 5.57. The number of ether oxygens (including phenoxy) is 1. The largest absolute Gasteiger partial charge is 0.444 e. The quantitative estimate of drug-likeness (QED) is 0.747. The summed E-state index contributed by atoms with van der Waals surface area (Å²) in [6, 6.07) is 6.72. The number of fused-ring (bicyclic) bond motifs is 2. The number of halogens is 1. The minimum absolute atomic E-state index is 0.0127. The van der Waals surface area contributed by atoms with E-state index in [4.69, 9.17) is 10.00 Å². The van der Waals surface area contributed by atoms with Gasteiger partial charge in [0.05, 0.1) is 11.6 Å². The molecule has 2 aliphatic heterocycles. The molecule has 4 nitrogen and oxygen atoms in total. The van der Waals surface area contributed by atoms with Crippen molar-refractivity contribution in [3.63, 3.8) is 0 Å². The Morgan fingerprint density at radius 2 is 2.12 bits per heavy atom. The van der Waals surface area contributed by atoms with Crippen molar-refractivity contribution < 1.29 is 13.9 Å². The fourth-order valence-electron chi connectivity index (χ4n) is 3.69. The first-order valence-corrected chi connectivity index (χ1v) is 8.71. The van der Waals surface area contributed by atoms with E-state index in [1.165, 1.54) is 6.07 Å². The number of piperidine rings is 1. The summed E-state index contributed by atoms with van der Waals surface area (Å²) in [5.41, 5.74) is 0.866. The molecule has 0 aromatic heterocycles. The number of carbonyl (C=O) groups is 1. The van der Waals surface area contributed by atoms with Crippen molar-refractivity contribution in [3.8, 4) is 6.07 Å². The Hall–Kier alpha value is -2.35. The third-order valence-electron chi connectivity index (χ3n) is 4.71. The summed E-state index contributed by atoms with van der Waals surface area (Å²) in [5, 5.41) is 9.05. The topological polar surface area (TPSA) is 53.3 Å². The van der Waals surface area contributed by atoms with Crippen LogP contribution in [0.4, 0.5) is 9.18 Å². The Balaban J connectivity index is 1.92. The van der Waals surface area contributed by atoms with Crippen molar-refractivity contribution in [2.24, 2.45) is 0 Å². The third-order valence-corrected chi connectivity index (χ3v) is 4.71. The fourth-order valence-corrected chi connectivity index (χ4v) is 3.69. The number of rotatable bonds is 1. The molecule has 2 atom stereocenters. The first kappa shape index (κ1) is 17.5. The summed E-state index contributed by atoms with van der Waals surface area (Å²) >= 11 is 0. The summed E-state index contributed by atoms with van der Waals surface area (Å²) in [5.74, 6) is -0.472. The number of hydrogen-bond donors (Lipinski definition) is 0. The molecule has 1 aromatic carbocycles. The number of benzene rings is 1. The van der Waals surface area contributed by atoms with Crippen LogP contribution in [0.3, 0.4) is 0 Å². The van der Waals surface area contributed by atoms with Gasteiger partial charge in [0, 0.05) is 11.6 Å². The SMILES string of the molecule is CC(C)(C)OC(=O)N1C2C=C(c3cccc(C#N)c3F)CC1CCC2. The van der Waals surface area contributed by atoms with Crippen molar-refractivity contribution in [2.45, 2.75) is 64.1 Å². The molecule has 2 unspecified atom stereocenters. The molecular formula is C20H23FN2O2. The van der Waals surface area contributed by atoms with Crippen LogP contribution in [0.25, 0.3) is 5.57 Å². The zero-order valence-corrected chi connectivity index (χ0v) is 14.9. The Bertz CT molecular complexity index is 758. The number of amides is 1. The second kappa shape index (κ2) is 6.51. The molecule has 2 heterocycles. The lowest BCUT2D eigenvalue weighted by atomic mass is 9.82. The lowest BCUT2D eigenvalue weighted by Crippen LogP contribution is -2.53. The predicted molar refractivity (Wildman–Crippen MR) is 93.2 cm³/mol. The molecule has 2 aliphatic rings. The molecular weight excluding hydrogens is 319 g/mol. The smallest absolute Gasteiger partial charge is 0.411 e. The molecule has 0 aliphatic carbocycles. The lowest BCUT2D eigenvalue weighted by Gasteiger charge is -2.45. The van der Waals surface area contributed by atoms with Gasteiger partial charge in [-0.2, -0.15) is 5.26 Å². The summed E-state index contributed by atoms with van der Waals surface area (Å²) in [4.78, 5) is 14.4. The Morgan fingerprint density at radius 1 is 1.36 bits per heavy atom. The number of nitriles is 1. The molecule has 1 saturated heterocycles. The van der Waals surface area contributed by atoms with Crippen LogP contribution in [0, 0.1) is 17.1 Å². The van der Waals surface area contributed by atoms with Gasteiger partial charge >= 0.3 is 6.09 Å². The number of hydrogen-bond acceptors (Lipinski definition) is 3. The van der Waals surface area contributed by atoms with E-state index in [0.29, 0.717) is 12.0 Å². The zero-order chi connectivity index (χ0) is 18.2. The average molecular weight is 342 g/mol. The van der Waals surface area contributed by atoms with Gasteiger partial charge < -0.3 is 4.74 Å². The van der Waals surface area contributed by atoms with Crippen LogP contribution in [0.5, 0.6) is 0 Å². The minimum atomic E-state index is -0.539. The average Bonchev–Trinajstić information content (AvgIpc) is 2.52. The molecule has 3 rings (SSSR count). The molecule has 132 valence electrons. The number of nitrogens with zero attached hydrogens (tertiary/aromatic N) is 2. The van der Waals surface area contributed by atoms with Crippen LogP contribution in [0.15, 0.2) is 24.3 Å². The first-order valence-electron chi connectivity index (χ1n) is 8.71. The second-order valence-corrected chi connectivity index (χ2v) is 7.71. The standard InChI is InChI=1S/C20H23FN2O2/c1-20(2,3)25-19(24)23-15-7-5-8-16(23)11-14(10-15)17-9-4-6-13(12-22)18(17)21/h4,6,9-10,15-16H,5,7-8,11H2,1-3H3. The zero-order valence-electron chi connectivity index (χ0n) is 14.9. The normalized spacial score (nSPS) is 22.8. The van der Waals surface area contributed by atoms with Gasteiger partial charge in [-0.1, -0.05) is 18.2 Å². The number of carbonyl (C=O) groups excluding carboxylic acids is 1. The first-order chi connectivity index (χ1) is 11.8. The monoisotopic (exact) mass is 342 g/mol. The second-order valence-electron chi connectivity index (χ2n) is 7.71. The Kier molecular flexibility index (Phi) is 4.55. The summed E-state index contributed by atoms with van der Waals surface area (Å²) in [6.07, 6.45) is 5.02. The van der Waals surface area contributed by atoms with Crippen molar-refractivity contribution in [1.29, 1.82) is 5.26 Å². The maximum Gasteiger partial charge on any atom is 0.411 e. The van der Waals surface area contributed by atoms with E-state index in [1.54, 1.807) is 12.1 Å². The van der Waals surface area contributed by atoms with Crippen LogP contribution in [0.2, 0.25) is 0 Å². The van der Waals surface area contributed by atoms with Crippen LogP contribution >= 0.6 is 0 Å². The molecule has 25 heavy (non-hydrogen) atoms. The van der Waals surface area contributed by atoms with Crippen molar-refractivity contribution in [3.05, 3.63) is 41.2 Å². The molecule has 5 heteroatoms. The molecule has 2 bridgehead atoms. The molecule has 0 saturated carbocycles. The third kappa shape index (κ3) is 3.53. The molecule has 1 amide bonds. The maximum absolute atomic E-state index is 14.5. The van der Waals surface area contributed by atoms with Gasteiger partial charge in [0.2, 0.25) is 0 Å². The van der Waals surface area contributed by atoms with E-state index in [1.807, 2.05) is 37.8 Å². The van der Waals surface area contributed by atoms with E-state index in [-0.39, 0.29) is 23.7 Å². The highest BCUT2D eigenvalue weighted by atomic mass is 19.1. The van der Waals surface area contributed by atoms with Crippen LogP contribution in [0.1, 0.15) is 57.6 Å². The van der Waals surface area contributed by atoms with E-state index in [9.17, 15) is 9.18 Å². The molecule has 1 fully saturated rings. The van der Waals surface area contributed by atoms with Gasteiger partial charge in [-0.25, -0.2) is 9.18 Å². The summed E-state index contributed by atoms with van der Waals surface area (Å²) < 4.78 is 20.1. The highest BCUT2D eigenvalue weighted by Gasteiger charge is 2.39. The van der Waals surface area contributed by atoms with Gasteiger partial charge in [-0.3, -0.25) is 4.90 Å². The van der Waals surface area contributed by atoms with E-state index in [0.717, 1.165) is 24.8 Å². The van der Waals surface area contributed by atoms with E-state index < -0.39 is 11.4 Å². The predicted octanol–water partition coefficient (Wildman–Crippen LogP) is 4.64. The maximum atomic E-state index is 14.5. The molecule has 0 spiro atoms. The molecule has 0 radical (unpaired) electrons. The van der Waals surface area contributed by atoms with E-state index in [2.05, 4.69) is 0 Å². The van der Waals surface area contributed by atoms with Crippen molar-refractivity contribution in [1.82, 2.24) is 4.90 Å². The van der Waals surface area contributed by atoms with Crippen LogP contribution < -0.4 is 0 Å². The van der Waals surface area contributed by atoms with Crippen LogP contribution in [-0.4, -0.2) is 28.7 Å². The van der Waals surface area contributed by atoms with Gasteiger partial charge in [0.25, 0.3) is 0 Å². The lowest BCUT2D eigenvalue weighted by molar-refractivity contribution is 0.0000777. The minimum Gasteiger partial charge on any atom is -0.444 e. The van der Waals surface area contributed by atoms with Crippen LogP contribution in [-0.2, 0) is 4.74 Å². The Morgan fingerprint density at radius 3 is 2.76 bits per heavy atom.